The second-order valence-corrected chi connectivity index (χ2v) is 0.937. The van der Waals surface area contributed by atoms with Crippen LogP contribution in [0.4, 0.5) is 0 Å². The molecule has 2 N–H and O–H groups in total. The Morgan fingerprint density at radius 2 is 2.43 bits per heavy atom. The fourth-order valence-electron chi connectivity index (χ4n) is 0.175. The highest BCUT2D eigenvalue weighted by Crippen LogP contribution is 1.71. The van der Waals surface area contributed by atoms with E-state index >= 15 is 0 Å². The first kappa shape index (κ1) is 6.17. The van der Waals surface area contributed by atoms with Crippen LogP contribution in [-0.2, 0) is 9.63 Å². The van der Waals surface area contributed by atoms with E-state index in [2.05, 4.69) is 10.7 Å². The molecule has 0 aliphatic rings. The summed E-state index contributed by atoms with van der Waals surface area (Å²) in [6.07, 6.45) is 2.79. The maximum atomic E-state index is 9.98. The number of rotatable bonds is 1. The van der Waals surface area contributed by atoms with E-state index in [0.29, 0.717) is 0 Å². The van der Waals surface area contributed by atoms with E-state index in [9.17, 15) is 4.79 Å². The van der Waals surface area contributed by atoms with Gasteiger partial charge in [-0.2, -0.15) is 5.90 Å². The summed E-state index contributed by atoms with van der Waals surface area (Å²) in [5, 5.41) is 0. The molecule has 3 nitrogen and oxygen atoms in total. The molecule has 3 heteroatoms. The van der Waals surface area contributed by atoms with E-state index in [1.165, 1.54) is 6.08 Å². The molecule has 0 rings (SSSR count). The molecule has 0 aromatic rings. The smallest absolute Gasteiger partial charge is 0.348 e. The number of allylic oxidation sites excluding steroid dienone is 1. The van der Waals surface area contributed by atoms with Crippen LogP contribution in [0.2, 0.25) is 0 Å². The van der Waals surface area contributed by atoms with Crippen LogP contribution < -0.4 is 5.90 Å². The number of hydrogen-bond acceptors (Lipinski definition) is 3. The van der Waals surface area contributed by atoms with Crippen molar-refractivity contribution >= 4 is 5.97 Å². The van der Waals surface area contributed by atoms with Crippen molar-refractivity contribution in [1.29, 1.82) is 0 Å². The van der Waals surface area contributed by atoms with Crippen LogP contribution in [0, 0.1) is 0 Å². The third-order valence-electron chi connectivity index (χ3n) is 0.419. The molecule has 0 aliphatic carbocycles. The molecule has 0 atom stereocenters. The van der Waals surface area contributed by atoms with Crippen molar-refractivity contribution in [3.8, 4) is 0 Å². The maximum Gasteiger partial charge on any atom is 0.348 e. The zero-order valence-electron chi connectivity index (χ0n) is 4.05. The third-order valence-corrected chi connectivity index (χ3v) is 0.419. The van der Waals surface area contributed by atoms with Crippen LogP contribution in [0.5, 0.6) is 0 Å². The Hall–Kier alpha value is -0.830. The Morgan fingerprint density at radius 3 is 2.57 bits per heavy atom. The fraction of sp³-hybridized carbons (Fsp3) is 0.250. The minimum Gasteiger partial charge on any atom is -0.370 e. The minimum atomic E-state index is -0.525. The van der Waals surface area contributed by atoms with Gasteiger partial charge in [0, 0.05) is 6.08 Å². The summed E-state index contributed by atoms with van der Waals surface area (Å²) >= 11 is 0. The second-order valence-electron chi connectivity index (χ2n) is 0.937. The Balaban J connectivity index is 3.37. The van der Waals surface area contributed by atoms with Crippen molar-refractivity contribution in [2.45, 2.75) is 6.92 Å². The van der Waals surface area contributed by atoms with Crippen LogP contribution in [0.15, 0.2) is 12.2 Å². The predicted molar refractivity (Wildman–Crippen MR) is 25.1 cm³/mol. The van der Waals surface area contributed by atoms with Gasteiger partial charge in [0.25, 0.3) is 0 Å². The van der Waals surface area contributed by atoms with Crippen LogP contribution in [0.3, 0.4) is 0 Å². The van der Waals surface area contributed by atoms with Gasteiger partial charge in [0.05, 0.1) is 0 Å². The van der Waals surface area contributed by atoms with Crippen molar-refractivity contribution in [2.24, 2.45) is 5.90 Å². The molecule has 0 saturated heterocycles. The van der Waals surface area contributed by atoms with E-state index in [4.69, 9.17) is 0 Å². The number of carbonyl (C=O) groups excluding carboxylic acids is 1. The lowest BCUT2D eigenvalue weighted by atomic mass is 10.5. The first-order valence-electron chi connectivity index (χ1n) is 1.84. The minimum absolute atomic E-state index is 0.525. The Kier molecular flexibility index (Phi) is 2.96. The highest BCUT2D eigenvalue weighted by Gasteiger charge is 1.85. The lowest BCUT2D eigenvalue weighted by Gasteiger charge is -1.83. The summed E-state index contributed by atoms with van der Waals surface area (Å²) in [4.78, 5) is 13.7. The molecule has 0 aromatic heterocycles. The quantitative estimate of drug-likeness (QED) is 0.373. The van der Waals surface area contributed by atoms with Crippen molar-refractivity contribution in [2.75, 3.05) is 0 Å². The van der Waals surface area contributed by atoms with Crippen molar-refractivity contribution in [3.05, 3.63) is 12.2 Å². The maximum absolute atomic E-state index is 9.98. The lowest BCUT2D eigenvalue weighted by molar-refractivity contribution is -0.138. The molecule has 0 unspecified atom stereocenters. The van der Waals surface area contributed by atoms with Gasteiger partial charge >= 0.3 is 5.97 Å². The van der Waals surface area contributed by atoms with Gasteiger partial charge < -0.3 is 4.84 Å². The predicted octanol–water partition coefficient (Wildman–Crippen LogP) is -0.0206. The number of carbonyl (C=O) groups is 1. The van der Waals surface area contributed by atoms with Gasteiger partial charge in [0.1, 0.15) is 0 Å². The van der Waals surface area contributed by atoms with E-state index < -0.39 is 5.97 Å². The fourth-order valence-corrected chi connectivity index (χ4v) is 0.175. The SMILES string of the molecule is CC=CC(=O)ON. The van der Waals surface area contributed by atoms with Crippen molar-refractivity contribution in [3.63, 3.8) is 0 Å². The largest absolute Gasteiger partial charge is 0.370 e. The molecular weight excluding hydrogens is 94.0 g/mol. The van der Waals surface area contributed by atoms with Gasteiger partial charge in [-0.05, 0) is 6.92 Å². The molecule has 0 aromatic carbocycles. The van der Waals surface area contributed by atoms with E-state index in [1.54, 1.807) is 13.0 Å². The Bertz CT molecular complexity index is 87.7. The number of nitrogens with two attached hydrogens (primary N) is 1. The van der Waals surface area contributed by atoms with Crippen LogP contribution in [0.1, 0.15) is 6.92 Å². The molecular formula is C4H7NO2. The highest BCUT2D eigenvalue weighted by molar-refractivity contribution is 5.81. The molecule has 0 heterocycles. The first-order chi connectivity index (χ1) is 3.31. The van der Waals surface area contributed by atoms with Gasteiger partial charge in [-0.1, -0.05) is 6.08 Å². The topological polar surface area (TPSA) is 52.3 Å². The molecule has 0 aliphatic heterocycles. The zero-order chi connectivity index (χ0) is 5.70. The monoisotopic (exact) mass is 101 g/mol. The normalized spacial score (nSPS) is 9.43. The van der Waals surface area contributed by atoms with Gasteiger partial charge in [0.15, 0.2) is 0 Å². The van der Waals surface area contributed by atoms with Crippen LogP contribution in [0.25, 0.3) is 0 Å². The van der Waals surface area contributed by atoms with Gasteiger partial charge in [0.2, 0.25) is 0 Å². The van der Waals surface area contributed by atoms with E-state index in [-0.39, 0.29) is 0 Å². The van der Waals surface area contributed by atoms with Gasteiger partial charge in [-0.15, -0.1) is 0 Å². The summed E-state index contributed by atoms with van der Waals surface area (Å²) < 4.78 is 0. The Labute approximate surface area is 41.7 Å². The van der Waals surface area contributed by atoms with Gasteiger partial charge in [-0.25, -0.2) is 4.79 Å². The van der Waals surface area contributed by atoms with Crippen LogP contribution >= 0.6 is 0 Å². The van der Waals surface area contributed by atoms with Gasteiger partial charge in [-0.3, -0.25) is 0 Å². The van der Waals surface area contributed by atoms with E-state index in [1.807, 2.05) is 0 Å². The zero-order valence-corrected chi connectivity index (χ0v) is 4.05. The summed E-state index contributed by atoms with van der Waals surface area (Å²) in [6.45, 7) is 1.71. The number of hydrogen-bond donors (Lipinski definition) is 1. The Morgan fingerprint density at radius 1 is 1.86 bits per heavy atom. The van der Waals surface area contributed by atoms with E-state index in [0.717, 1.165) is 0 Å². The lowest BCUT2D eigenvalue weighted by Crippen LogP contribution is -2.05. The standard InChI is InChI=1S/C4H7NO2/c1-2-3-4(6)7-5/h2-3H,5H2,1H3. The molecule has 7 heavy (non-hydrogen) atoms. The average molecular weight is 101 g/mol. The summed E-state index contributed by atoms with van der Waals surface area (Å²) in [6, 6.07) is 0. The molecule has 0 fully saturated rings. The molecule has 0 amide bonds. The second kappa shape index (κ2) is 3.36. The molecule has 0 spiro atoms. The van der Waals surface area contributed by atoms with Crippen molar-refractivity contribution in [1.82, 2.24) is 0 Å². The summed E-state index contributed by atoms with van der Waals surface area (Å²) in [7, 11) is 0. The molecule has 0 bridgehead atoms. The molecule has 0 radical (unpaired) electrons. The first-order valence-corrected chi connectivity index (χ1v) is 1.84. The third kappa shape index (κ3) is 2.99. The van der Waals surface area contributed by atoms with Crippen molar-refractivity contribution < 1.29 is 9.63 Å². The van der Waals surface area contributed by atoms with Crippen LogP contribution in [-0.4, -0.2) is 5.97 Å². The molecule has 40 valence electrons. The highest BCUT2D eigenvalue weighted by atomic mass is 16.7. The molecule has 0 saturated carbocycles. The summed E-state index contributed by atoms with van der Waals surface area (Å²) in [5.41, 5.74) is 0. The summed E-state index contributed by atoms with van der Waals surface area (Å²) in [5.74, 6) is 3.93. The average Bonchev–Trinajstić information content (AvgIpc) is 1.68.